The van der Waals surface area contributed by atoms with Crippen molar-refractivity contribution >= 4 is 11.7 Å². The summed E-state index contributed by atoms with van der Waals surface area (Å²) in [6.45, 7) is 6.44. The van der Waals surface area contributed by atoms with Crippen LogP contribution in [0.3, 0.4) is 0 Å². The van der Waals surface area contributed by atoms with Crippen molar-refractivity contribution in [3.63, 3.8) is 0 Å². The lowest BCUT2D eigenvalue weighted by Gasteiger charge is -2.33. The monoisotopic (exact) mass is 243 g/mol. The second-order valence-corrected chi connectivity index (χ2v) is 5.63. The molecule has 0 bridgehead atoms. The molecule has 0 saturated carbocycles. The fraction of sp³-hybridized carbons (Fsp3) is 0.500. The molecule has 0 spiro atoms. The van der Waals surface area contributed by atoms with E-state index < -0.39 is 5.41 Å². The number of rotatable bonds is 0. The zero-order valence-corrected chi connectivity index (χ0v) is 11.0. The number of carbonyl (C=O) groups excluding carboxylic acids is 1. The van der Waals surface area contributed by atoms with Gasteiger partial charge in [-0.1, -0.05) is 20.8 Å². The van der Waals surface area contributed by atoms with E-state index in [4.69, 9.17) is 5.26 Å². The van der Waals surface area contributed by atoms with E-state index in [1.54, 1.807) is 4.90 Å². The molecule has 0 radical (unpaired) electrons. The van der Waals surface area contributed by atoms with Gasteiger partial charge in [-0.25, -0.2) is 4.98 Å². The Morgan fingerprint density at radius 1 is 1.50 bits per heavy atom. The third kappa shape index (κ3) is 2.21. The van der Waals surface area contributed by atoms with E-state index in [0.29, 0.717) is 12.1 Å². The molecule has 0 unspecified atom stereocenters. The van der Waals surface area contributed by atoms with Gasteiger partial charge in [0.15, 0.2) is 0 Å². The molecule has 0 aromatic carbocycles. The lowest BCUT2D eigenvalue weighted by atomic mass is 9.93. The third-order valence-corrected chi connectivity index (χ3v) is 3.04. The molecule has 0 saturated heterocycles. The first-order valence-corrected chi connectivity index (χ1v) is 6.14. The largest absolute Gasteiger partial charge is 0.296 e. The van der Waals surface area contributed by atoms with E-state index in [2.05, 4.69) is 11.1 Å². The Morgan fingerprint density at radius 3 is 2.83 bits per heavy atom. The van der Waals surface area contributed by atoms with Gasteiger partial charge in [0.05, 0.1) is 5.56 Å². The number of hydrogen-bond donors (Lipinski definition) is 0. The van der Waals surface area contributed by atoms with Crippen molar-refractivity contribution in [3.8, 4) is 6.07 Å². The van der Waals surface area contributed by atoms with Crippen molar-refractivity contribution in [2.45, 2.75) is 33.6 Å². The number of anilines is 1. The lowest BCUT2D eigenvalue weighted by Crippen LogP contribution is -2.43. The predicted molar refractivity (Wildman–Crippen MR) is 69.1 cm³/mol. The second-order valence-electron chi connectivity index (χ2n) is 5.63. The van der Waals surface area contributed by atoms with E-state index >= 15 is 0 Å². The summed E-state index contributed by atoms with van der Waals surface area (Å²) in [5.41, 5.74) is 1.14. The summed E-state index contributed by atoms with van der Waals surface area (Å²) < 4.78 is 0. The Labute approximate surface area is 107 Å². The Hall–Kier alpha value is -1.89. The van der Waals surface area contributed by atoms with Crippen LogP contribution < -0.4 is 4.90 Å². The minimum atomic E-state index is -0.413. The van der Waals surface area contributed by atoms with Crippen LogP contribution in [0, 0.1) is 16.7 Å². The molecular formula is C14H17N3O. The maximum atomic E-state index is 12.4. The third-order valence-electron chi connectivity index (χ3n) is 3.04. The van der Waals surface area contributed by atoms with Crippen LogP contribution in [0.2, 0.25) is 0 Å². The van der Waals surface area contributed by atoms with E-state index in [0.717, 1.165) is 24.2 Å². The fourth-order valence-corrected chi connectivity index (χ4v) is 2.13. The van der Waals surface area contributed by atoms with Crippen LogP contribution in [-0.4, -0.2) is 17.4 Å². The van der Waals surface area contributed by atoms with Crippen molar-refractivity contribution in [2.24, 2.45) is 5.41 Å². The van der Waals surface area contributed by atoms with Crippen molar-refractivity contribution < 1.29 is 4.79 Å². The van der Waals surface area contributed by atoms with Crippen LogP contribution in [0.5, 0.6) is 0 Å². The van der Waals surface area contributed by atoms with Gasteiger partial charge in [0.1, 0.15) is 11.9 Å². The molecule has 4 heteroatoms. The molecule has 0 fully saturated rings. The standard InChI is InChI=1S/C14H17N3O/c1-14(2,3)13(18)17-6-4-5-11-7-10(8-15)9-16-12(11)17/h7,9H,4-6H2,1-3H3. The van der Waals surface area contributed by atoms with Crippen LogP contribution >= 0.6 is 0 Å². The number of pyridine rings is 1. The highest BCUT2D eigenvalue weighted by Crippen LogP contribution is 2.29. The number of amides is 1. The molecule has 2 rings (SSSR count). The summed E-state index contributed by atoms with van der Waals surface area (Å²) in [5, 5.41) is 8.87. The minimum Gasteiger partial charge on any atom is -0.296 e. The van der Waals surface area contributed by atoms with E-state index in [1.807, 2.05) is 26.8 Å². The van der Waals surface area contributed by atoms with Gasteiger partial charge in [-0.2, -0.15) is 5.26 Å². The first kappa shape index (κ1) is 12.6. The summed E-state index contributed by atoms with van der Waals surface area (Å²) >= 11 is 0. The highest BCUT2D eigenvalue weighted by Gasteiger charge is 2.31. The maximum Gasteiger partial charge on any atom is 0.233 e. The minimum absolute atomic E-state index is 0.0839. The smallest absolute Gasteiger partial charge is 0.233 e. The summed E-state index contributed by atoms with van der Waals surface area (Å²) in [5.74, 6) is 0.806. The van der Waals surface area contributed by atoms with Gasteiger partial charge < -0.3 is 0 Å². The highest BCUT2D eigenvalue weighted by molar-refractivity contribution is 5.97. The highest BCUT2D eigenvalue weighted by atomic mass is 16.2. The topological polar surface area (TPSA) is 57.0 Å². The van der Waals surface area contributed by atoms with Gasteiger partial charge >= 0.3 is 0 Å². The van der Waals surface area contributed by atoms with Gasteiger partial charge in [-0.05, 0) is 24.5 Å². The Kier molecular flexibility index (Phi) is 3.08. The number of fused-ring (bicyclic) bond motifs is 1. The predicted octanol–water partition coefficient (Wildman–Crippen LogP) is 2.28. The molecule has 94 valence electrons. The molecular weight excluding hydrogens is 226 g/mol. The molecule has 2 heterocycles. The lowest BCUT2D eigenvalue weighted by molar-refractivity contribution is -0.125. The average Bonchev–Trinajstić information content (AvgIpc) is 2.35. The SMILES string of the molecule is CC(C)(C)C(=O)N1CCCc2cc(C#N)cnc21. The molecule has 1 aromatic rings. The van der Waals surface area contributed by atoms with Crippen LogP contribution in [0.4, 0.5) is 5.82 Å². The first-order chi connectivity index (χ1) is 8.43. The van der Waals surface area contributed by atoms with Gasteiger partial charge in [-0.3, -0.25) is 9.69 Å². The summed E-state index contributed by atoms with van der Waals surface area (Å²) in [7, 11) is 0. The Bertz CT molecular complexity index is 523. The number of nitriles is 1. The Morgan fingerprint density at radius 2 is 2.22 bits per heavy atom. The quantitative estimate of drug-likeness (QED) is 0.702. The molecule has 1 aromatic heterocycles. The van der Waals surface area contributed by atoms with Crippen LogP contribution in [0.1, 0.15) is 38.3 Å². The van der Waals surface area contributed by atoms with Crippen molar-refractivity contribution in [1.82, 2.24) is 4.98 Å². The van der Waals surface area contributed by atoms with Crippen molar-refractivity contribution in [3.05, 3.63) is 23.4 Å². The average molecular weight is 243 g/mol. The molecule has 1 aliphatic heterocycles. The van der Waals surface area contributed by atoms with Crippen LogP contribution in [0.15, 0.2) is 12.3 Å². The summed E-state index contributed by atoms with van der Waals surface area (Å²) in [6, 6.07) is 3.92. The van der Waals surface area contributed by atoms with Crippen molar-refractivity contribution in [2.75, 3.05) is 11.4 Å². The number of aryl methyl sites for hydroxylation is 1. The molecule has 4 nitrogen and oxygen atoms in total. The Balaban J connectivity index is 2.41. The van der Waals surface area contributed by atoms with Gasteiger partial charge in [-0.15, -0.1) is 0 Å². The van der Waals surface area contributed by atoms with Crippen LogP contribution in [-0.2, 0) is 11.2 Å². The summed E-state index contributed by atoms with van der Waals surface area (Å²) in [6.07, 6.45) is 3.34. The number of carbonyl (C=O) groups is 1. The molecule has 0 N–H and O–H groups in total. The molecule has 0 atom stereocenters. The van der Waals surface area contributed by atoms with Gasteiger partial charge in [0.2, 0.25) is 5.91 Å². The first-order valence-electron chi connectivity index (χ1n) is 6.14. The van der Waals surface area contributed by atoms with Gasteiger partial charge in [0.25, 0.3) is 0 Å². The van der Waals surface area contributed by atoms with Crippen LogP contribution in [0.25, 0.3) is 0 Å². The fourth-order valence-electron chi connectivity index (χ4n) is 2.13. The zero-order chi connectivity index (χ0) is 13.3. The number of nitrogens with zero attached hydrogens (tertiary/aromatic N) is 3. The maximum absolute atomic E-state index is 12.4. The molecule has 1 amide bonds. The molecule has 18 heavy (non-hydrogen) atoms. The normalized spacial score (nSPS) is 14.9. The molecule has 0 aliphatic carbocycles. The van der Waals surface area contributed by atoms with E-state index in [1.165, 1.54) is 6.20 Å². The zero-order valence-electron chi connectivity index (χ0n) is 11.0. The van der Waals surface area contributed by atoms with E-state index in [-0.39, 0.29) is 5.91 Å². The number of hydrogen-bond acceptors (Lipinski definition) is 3. The van der Waals surface area contributed by atoms with Crippen molar-refractivity contribution in [1.29, 1.82) is 5.26 Å². The van der Waals surface area contributed by atoms with Gasteiger partial charge in [0, 0.05) is 18.2 Å². The van der Waals surface area contributed by atoms with E-state index in [9.17, 15) is 4.79 Å². The molecule has 1 aliphatic rings. The summed E-state index contributed by atoms with van der Waals surface area (Å²) in [4.78, 5) is 18.4. The second kappa shape index (κ2) is 4.41. The number of aromatic nitrogens is 1.